The third-order valence-corrected chi connectivity index (χ3v) is 7.25. The topological polar surface area (TPSA) is 143 Å². The number of rotatable bonds is 25. The molecule has 10 nitrogen and oxygen atoms in total. The van der Waals surface area contributed by atoms with Crippen LogP contribution in [0.3, 0.4) is 0 Å². The van der Waals surface area contributed by atoms with Crippen LogP contribution in [-0.4, -0.2) is 79.4 Å². The normalized spacial score (nSPS) is 12.3. The van der Waals surface area contributed by atoms with Crippen molar-refractivity contribution in [2.45, 2.75) is 116 Å². The van der Waals surface area contributed by atoms with Gasteiger partial charge in [-0.05, 0) is 6.42 Å². The van der Waals surface area contributed by atoms with Crippen molar-refractivity contribution < 1.29 is 33.8 Å². The minimum Gasteiger partial charge on any atom is -0.467 e. The second-order valence-electron chi connectivity index (χ2n) is 9.75. The second-order valence-corrected chi connectivity index (χ2v) is 10.9. The molecule has 228 valence electrons. The zero-order valence-electron chi connectivity index (χ0n) is 24.4. The average Bonchev–Trinajstić information content (AvgIpc) is 2.92. The minimum absolute atomic E-state index is 0.158. The van der Waals surface area contributed by atoms with Crippen molar-refractivity contribution >= 4 is 35.6 Å². The number of alkyl carbamates (subject to hydrolysis) is 1. The molecular formula is C28H53N3O7S. The molecule has 11 heteroatoms. The fourth-order valence-electron chi connectivity index (χ4n) is 3.98. The van der Waals surface area contributed by atoms with Crippen molar-refractivity contribution in [3.63, 3.8) is 0 Å². The van der Waals surface area contributed by atoms with Crippen LogP contribution in [0.25, 0.3) is 0 Å². The summed E-state index contributed by atoms with van der Waals surface area (Å²) < 4.78 is 9.68. The van der Waals surface area contributed by atoms with Gasteiger partial charge in [0.2, 0.25) is 11.8 Å². The fraction of sp³-hybridized carbons (Fsp3) is 0.857. The van der Waals surface area contributed by atoms with Crippen LogP contribution in [-0.2, 0) is 23.9 Å². The number of thioether (sulfide) groups is 1. The number of carbonyl (C=O) groups excluding carboxylic acids is 4. The number of esters is 1. The van der Waals surface area contributed by atoms with Gasteiger partial charge in [0.1, 0.15) is 12.6 Å². The number of nitrogens with one attached hydrogen (secondary N) is 3. The predicted molar refractivity (Wildman–Crippen MR) is 156 cm³/mol. The van der Waals surface area contributed by atoms with Crippen LogP contribution >= 0.6 is 11.8 Å². The molecule has 0 heterocycles. The minimum atomic E-state index is -1.21. The Labute approximate surface area is 239 Å². The van der Waals surface area contributed by atoms with E-state index in [0.29, 0.717) is 12.3 Å². The van der Waals surface area contributed by atoms with E-state index in [1.807, 2.05) is 0 Å². The van der Waals surface area contributed by atoms with Crippen LogP contribution in [0, 0.1) is 0 Å². The smallest absolute Gasteiger partial charge is 0.407 e. The van der Waals surface area contributed by atoms with Gasteiger partial charge in [0.25, 0.3) is 0 Å². The Bertz CT molecular complexity index is 667. The number of unbranched alkanes of at least 4 members (excludes halogenated alkanes) is 13. The first-order chi connectivity index (χ1) is 18.8. The van der Waals surface area contributed by atoms with E-state index in [0.717, 1.165) is 20.0 Å². The largest absolute Gasteiger partial charge is 0.467 e. The number of ether oxygens (including phenoxy) is 2. The molecule has 0 aromatic heterocycles. The molecule has 2 unspecified atom stereocenters. The lowest BCUT2D eigenvalue weighted by Gasteiger charge is -2.20. The van der Waals surface area contributed by atoms with Gasteiger partial charge in [-0.2, -0.15) is 11.8 Å². The van der Waals surface area contributed by atoms with Crippen LogP contribution in [0.4, 0.5) is 4.79 Å². The van der Waals surface area contributed by atoms with Crippen molar-refractivity contribution in [2.24, 2.45) is 0 Å². The zero-order chi connectivity index (χ0) is 29.1. The maximum atomic E-state index is 12.4. The van der Waals surface area contributed by atoms with Crippen LogP contribution in [0.1, 0.15) is 104 Å². The highest BCUT2D eigenvalue weighted by molar-refractivity contribution is 7.99. The number of methoxy groups -OCH3 is 1. The van der Waals surface area contributed by atoms with Crippen LogP contribution in [0.2, 0.25) is 0 Å². The maximum Gasteiger partial charge on any atom is 0.407 e. The molecule has 3 amide bonds. The van der Waals surface area contributed by atoms with E-state index < -0.39 is 42.6 Å². The zero-order valence-corrected chi connectivity index (χ0v) is 25.2. The van der Waals surface area contributed by atoms with Gasteiger partial charge < -0.3 is 30.5 Å². The molecule has 0 saturated carbocycles. The van der Waals surface area contributed by atoms with Crippen LogP contribution in [0.5, 0.6) is 0 Å². The summed E-state index contributed by atoms with van der Waals surface area (Å²) in [5.74, 6) is -1.18. The van der Waals surface area contributed by atoms with E-state index in [2.05, 4.69) is 27.6 Å². The van der Waals surface area contributed by atoms with E-state index >= 15 is 0 Å². The summed E-state index contributed by atoms with van der Waals surface area (Å²) in [6, 6.07) is -2.13. The molecule has 0 aromatic rings. The number of aliphatic hydroxyl groups excluding tert-OH is 1. The van der Waals surface area contributed by atoms with E-state index in [4.69, 9.17) is 4.74 Å². The molecule has 0 saturated heterocycles. The lowest BCUT2D eigenvalue weighted by molar-refractivity contribution is -0.146. The molecule has 0 bridgehead atoms. The summed E-state index contributed by atoms with van der Waals surface area (Å²) in [5, 5.41) is 16.9. The van der Waals surface area contributed by atoms with Gasteiger partial charge in [0, 0.05) is 25.0 Å². The molecule has 0 rings (SSSR count). The van der Waals surface area contributed by atoms with Gasteiger partial charge in [-0.15, -0.1) is 0 Å². The lowest BCUT2D eigenvalue weighted by Crippen LogP contribution is -2.53. The molecule has 0 radical (unpaired) electrons. The molecule has 0 aliphatic heterocycles. The van der Waals surface area contributed by atoms with Gasteiger partial charge in [-0.25, -0.2) is 9.59 Å². The Kier molecular flexibility index (Phi) is 24.9. The summed E-state index contributed by atoms with van der Waals surface area (Å²) in [6.45, 7) is 3.65. The average molecular weight is 576 g/mol. The highest BCUT2D eigenvalue weighted by atomic mass is 32.2. The van der Waals surface area contributed by atoms with Gasteiger partial charge in [-0.1, -0.05) is 90.4 Å². The third kappa shape index (κ3) is 22.5. The monoisotopic (exact) mass is 575 g/mol. The van der Waals surface area contributed by atoms with E-state index in [1.165, 1.54) is 95.7 Å². The highest BCUT2D eigenvalue weighted by Gasteiger charge is 2.26. The summed E-state index contributed by atoms with van der Waals surface area (Å²) in [6.07, 6.45) is 17.5. The SMILES string of the molecule is CCCCCCCCCCCCCCCCNC(=O)OCCSCC(NC(C)=O)C(=O)NC(CO)C(=O)OC. The molecule has 4 N–H and O–H groups in total. The van der Waals surface area contributed by atoms with Crippen molar-refractivity contribution in [3.8, 4) is 0 Å². The van der Waals surface area contributed by atoms with E-state index in [9.17, 15) is 24.3 Å². The third-order valence-electron chi connectivity index (χ3n) is 6.22. The van der Waals surface area contributed by atoms with Crippen molar-refractivity contribution in [3.05, 3.63) is 0 Å². The number of hydrogen-bond donors (Lipinski definition) is 4. The number of carbonyl (C=O) groups is 4. The molecule has 0 fully saturated rings. The van der Waals surface area contributed by atoms with Crippen LogP contribution < -0.4 is 16.0 Å². The Morgan fingerprint density at radius 2 is 1.33 bits per heavy atom. The van der Waals surface area contributed by atoms with E-state index in [-0.39, 0.29) is 12.4 Å². The number of hydrogen-bond acceptors (Lipinski definition) is 8. The second kappa shape index (κ2) is 26.2. The van der Waals surface area contributed by atoms with Crippen molar-refractivity contribution in [2.75, 3.05) is 38.4 Å². The summed E-state index contributed by atoms with van der Waals surface area (Å²) in [4.78, 5) is 47.3. The molecule has 39 heavy (non-hydrogen) atoms. The first-order valence-electron chi connectivity index (χ1n) is 14.6. The molecule has 0 aliphatic carbocycles. The van der Waals surface area contributed by atoms with Crippen molar-refractivity contribution in [1.82, 2.24) is 16.0 Å². The lowest BCUT2D eigenvalue weighted by atomic mass is 10.0. The Balaban J connectivity index is 3.79. The van der Waals surface area contributed by atoms with Crippen molar-refractivity contribution in [1.29, 1.82) is 0 Å². The summed E-state index contributed by atoms with van der Waals surface area (Å²) in [7, 11) is 1.15. The quantitative estimate of drug-likeness (QED) is 0.0942. The molecule has 2 atom stereocenters. The standard InChI is InChI=1S/C28H53N3O7S/c1-4-5-6-7-8-9-10-11-12-13-14-15-16-17-18-29-28(36)38-19-20-39-22-25(30-23(2)33)26(34)31-24(21-32)27(35)37-3/h24-25,32H,4-22H2,1-3H3,(H,29,36)(H,30,33)(H,31,34). The predicted octanol–water partition coefficient (Wildman–Crippen LogP) is 4.08. The van der Waals surface area contributed by atoms with E-state index in [1.54, 1.807) is 0 Å². The van der Waals surface area contributed by atoms with Gasteiger partial charge >= 0.3 is 12.1 Å². The van der Waals surface area contributed by atoms with Gasteiger partial charge in [0.15, 0.2) is 6.04 Å². The summed E-state index contributed by atoms with van der Waals surface area (Å²) >= 11 is 1.31. The molecule has 0 aromatic carbocycles. The van der Waals surface area contributed by atoms with Gasteiger partial charge in [0.05, 0.1) is 13.7 Å². The maximum absolute atomic E-state index is 12.4. The molecular weight excluding hydrogens is 522 g/mol. The Morgan fingerprint density at radius 3 is 1.82 bits per heavy atom. The highest BCUT2D eigenvalue weighted by Crippen LogP contribution is 2.13. The first kappa shape index (κ1) is 37.0. The Morgan fingerprint density at radius 1 is 0.795 bits per heavy atom. The molecule has 0 aliphatic rings. The fourth-order valence-corrected chi connectivity index (χ4v) is 4.82. The summed E-state index contributed by atoms with van der Waals surface area (Å²) in [5.41, 5.74) is 0. The van der Waals surface area contributed by atoms with Crippen LogP contribution in [0.15, 0.2) is 0 Å². The Hall–Kier alpha value is -2.01. The first-order valence-corrected chi connectivity index (χ1v) is 15.8. The molecule has 0 spiro atoms. The number of aliphatic hydroxyl groups is 1. The number of amides is 3. The van der Waals surface area contributed by atoms with Gasteiger partial charge in [-0.3, -0.25) is 9.59 Å².